The van der Waals surface area contributed by atoms with Gasteiger partial charge >= 0.3 is 0 Å². The van der Waals surface area contributed by atoms with Crippen molar-refractivity contribution in [1.82, 2.24) is 34.6 Å². The zero-order chi connectivity index (χ0) is 26.2. The van der Waals surface area contributed by atoms with E-state index in [2.05, 4.69) is 32.5 Å². The minimum atomic E-state index is -0.292. The van der Waals surface area contributed by atoms with Crippen molar-refractivity contribution in [3.8, 4) is 40.8 Å². The van der Waals surface area contributed by atoms with Crippen molar-refractivity contribution in [3.63, 3.8) is 0 Å². The van der Waals surface area contributed by atoms with Gasteiger partial charge in [0.2, 0.25) is 5.88 Å². The lowest BCUT2D eigenvalue weighted by molar-refractivity contribution is 0.109. The molecule has 0 bridgehead atoms. The molecule has 5 aromatic rings. The van der Waals surface area contributed by atoms with Gasteiger partial charge in [0.25, 0.3) is 0 Å². The third-order valence-electron chi connectivity index (χ3n) is 6.41. The average molecular weight is 504 g/mol. The van der Waals surface area contributed by atoms with E-state index in [9.17, 15) is 10.5 Å². The molecule has 11 nitrogen and oxygen atoms in total. The molecular weight excluding hydrogens is 482 g/mol. The van der Waals surface area contributed by atoms with Crippen LogP contribution in [0.1, 0.15) is 35.0 Å². The Bertz CT molecular complexity index is 1740. The molecule has 1 aliphatic rings. The first-order valence-corrected chi connectivity index (χ1v) is 12.0. The van der Waals surface area contributed by atoms with Crippen LogP contribution in [0, 0.1) is 42.4 Å². The van der Waals surface area contributed by atoms with Gasteiger partial charge in [0.1, 0.15) is 11.8 Å². The summed E-state index contributed by atoms with van der Waals surface area (Å²) in [7, 11) is 0. The fourth-order valence-electron chi connectivity index (χ4n) is 4.44. The minimum Gasteiger partial charge on any atom is -0.436 e. The molecule has 5 aromatic heterocycles. The highest BCUT2D eigenvalue weighted by Gasteiger charge is 2.30. The summed E-state index contributed by atoms with van der Waals surface area (Å²) in [6.45, 7) is 4.06. The lowest BCUT2D eigenvalue weighted by atomic mass is 10.0. The maximum Gasteiger partial charge on any atom is 0.238 e. The SMILES string of the molecule is Cc1ccc(Oc2ccc3c(-c4ccc([C@H]5C[C@H](C#N)CO5)c(-n5cc(C)c(C#N)n5)n4)cnn3c2)nn1. The van der Waals surface area contributed by atoms with E-state index in [-0.39, 0.29) is 12.0 Å². The fourth-order valence-corrected chi connectivity index (χ4v) is 4.44. The Hall–Kier alpha value is -5.13. The van der Waals surface area contributed by atoms with Crippen LogP contribution in [0.5, 0.6) is 11.6 Å². The van der Waals surface area contributed by atoms with E-state index in [1.807, 2.05) is 44.2 Å². The second kappa shape index (κ2) is 9.39. The van der Waals surface area contributed by atoms with Gasteiger partial charge in [-0.15, -0.1) is 5.10 Å². The number of aryl methyl sites for hydroxylation is 2. The summed E-state index contributed by atoms with van der Waals surface area (Å²) in [6, 6.07) is 15.6. The number of pyridine rings is 2. The van der Waals surface area contributed by atoms with Crippen LogP contribution in [0.3, 0.4) is 0 Å². The number of nitriles is 2. The molecule has 186 valence electrons. The quantitative estimate of drug-likeness (QED) is 0.344. The molecule has 1 fully saturated rings. The van der Waals surface area contributed by atoms with Crippen LogP contribution in [0.15, 0.2) is 55.0 Å². The van der Waals surface area contributed by atoms with Gasteiger partial charge < -0.3 is 9.47 Å². The Morgan fingerprint density at radius 2 is 1.95 bits per heavy atom. The molecule has 0 unspecified atom stereocenters. The van der Waals surface area contributed by atoms with E-state index in [0.717, 1.165) is 27.9 Å². The van der Waals surface area contributed by atoms with Crippen molar-refractivity contribution >= 4 is 5.52 Å². The van der Waals surface area contributed by atoms with E-state index in [1.54, 1.807) is 33.9 Å². The molecule has 38 heavy (non-hydrogen) atoms. The number of nitrogens with zero attached hydrogens (tertiary/aromatic N) is 9. The fraction of sp³-hybridized carbons (Fsp3) is 0.222. The molecule has 0 aromatic carbocycles. The van der Waals surface area contributed by atoms with Gasteiger partial charge in [0.15, 0.2) is 11.5 Å². The van der Waals surface area contributed by atoms with E-state index in [4.69, 9.17) is 14.5 Å². The standard InChI is InChI=1S/C27H21N9O2/c1-16-13-36(34-23(16)11-29)27-20(25-9-18(10-28)15-37-25)5-6-22(31-27)21-12-30-35-14-19(4-7-24(21)35)38-26-8-3-17(2)32-33-26/h3-8,12-14,18,25H,9,15H2,1-2H3/t18-,25-/m1/s1. The number of ether oxygens (including phenoxy) is 2. The molecular formula is C27H21N9O2. The topological polar surface area (TPSA) is 140 Å². The maximum atomic E-state index is 9.44. The summed E-state index contributed by atoms with van der Waals surface area (Å²) in [5, 5.41) is 35.8. The van der Waals surface area contributed by atoms with E-state index >= 15 is 0 Å². The van der Waals surface area contributed by atoms with Crippen LogP contribution in [0.4, 0.5) is 0 Å². The van der Waals surface area contributed by atoms with E-state index in [0.29, 0.717) is 41.9 Å². The first-order chi connectivity index (χ1) is 18.5. The van der Waals surface area contributed by atoms with Crippen LogP contribution >= 0.6 is 0 Å². The highest BCUT2D eigenvalue weighted by Crippen LogP contribution is 2.36. The maximum absolute atomic E-state index is 9.44. The predicted octanol–water partition coefficient (Wildman–Crippen LogP) is 4.25. The first kappa shape index (κ1) is 23.3. The lowest BCUT2D eigenvalue weighted by Gasteiger charge is -2.15. The van der Waals surface area contributed by atoms with E-state index < -0.39 is 0 Å². The van der Waals surface area contributed by atoms with Crippen molar-refractivity contribution in [2.45, 2.75) is 26.4 Å². The molecule has 6 rings (SSSR count). The van der Waals surface area contributed by atoms with Gasteiger partial charge in [-0.25, -0.2) is 14.2 Å². The normalized spacial score (nSPS) is 16.8. The van der Waals surface area contributed by atoms with Crippen molar-refractivity contribution in [2.75, 3.05) is 6.61 Å². The Kier molecular flexibility index (Phi) is 5.75. The summed E-state index contributed by atoms with van der Waals surface area (Å²) in [5.74, 6) is 1.33. The Balaban J connectivity index is 1.39. The second-order valence-corrected chi connectivity index (χ2v) is 9.08. The molecule has 6 heterocycles. The van der Waals surface area contributed by atoms with E-state index in [1.165, 1.54) is 0 Å². The Labute approximate surface area is 217 Å². The number of rotatable bonds is 5. The van der Waals surface area contributed by atoms with Crippen LogP contribution in [-0.2, 0) is 4.74 Å². The number of hydrogen-bond acceptors (Lipinski definition) is 9. The van der Waals surface area contributed by atoms with Crippen molar-refractivity contribution in [2.24, 2.45) is 5.92 Å². The largest absolute Gasteiger partial charge is 0.436 e. The molecule has 2 atom stereocenters. The summed E-state index contributed by atoms with van der Waals surface area (Å²) < 4.78 is 15.1. The van der Waals surface area contributed by atoms with Gasteiger partial charge in [0, 0.05) is 29.0 Å². The Morgan fingerprint density at radius 3 is 2.68 bits per heavy atom. The summed E-state index contributed by atoms with van der Waals surface area (Å²) >= 11 is 0. The highest BCUT2D eigenvalue weighted by atomic mass is 16.5. The number of hydrogen-bond donors (Lipinski definition) is 0. The average Bonchev–Trinajstić information content (AvgIpc) is 3.67. The minimum absolute atomic E-state index is 0.177. The third kappa shape index (κ3) is 4.21. The van der Waals surface area contributed by atoms with Gasteiger partial charge in [-0.3, -0.25) is 0 Å². The smallest absolute Gasteiger partial charge is 0.238 e. The molecule has 1 saturated heterocycles. The Morgan fingerprint density at radius 1 is 1.05 bits per heavy atom. The number of aromatic nitrogens is 7. The van der Waals surface area contributed by atoms with Crippen LogP contribution in [0.25, 0.3) is 22.6 Å². The summed E-state index contributed by atoms with van der Waals surface area (Å²) in [6.07, 6.45) is 5.56. The highest BCUT2D eigenvalue weighted by molar-refractivity contribution is 5.78. The molecule has 0 saturated carbocycles. The van der Waals surface area contributed by atoms with Crippen molar-refractivity contribution in [3.05, 3.63) is 77.5 Å². The molecule has 1 aliphatic heterocycles. The molecule has 11 heteroatoms. The van der Waals surface area contributed by atoms with Crippen molar-refractivity contribution < 1.29 is 9.47 Å². The van der Waals surface area contributed by atoms with Gasteiger partial charge in [-0.1, -0.05) is 6.07 Å². The first-order valence-electron chi connectivity index (χ1n) is 12.0. The molecule has 0 aliphatic carbocycles. The molecule has 0 N–H and O–H groups in total. The summed E-state index contributed by atoms with van der Waals surface area (Å²) in [5.41, 5.74) is 5.01. The van der Waals surface area contributed by atoms with Crippen LogP contribution in [0.2, 0.25) is 0 Å². The predicted molar refractivity (Wildman–Crippen MR) is 134 cm³/mol. The monoisotopic (exact) mass is 503 g/mol. The number of fused-ring (bicyclic) bond motifs is 1. The van der Waals surface area contributed by atoms with Crippen LogP contribution in [-0.4, -0.2) is 41.2 Å². The van der Waals surface area contributed by atoms with Crippen molar-refractivity contribution in [1.29, 1.82) is 10.5 Å². The zero-order valence-electron chi connectivity index (χ0n) is 20.6. The third-order valence-corrected chi connectivity index (χ3v) is 6.41. The summed E-state index contributed by atoms with van der Waals surface area (Å²) in [4.78, 5) is 4.94. The zero-order valence-corrected chi connectivity index (χ0v) is 20.6. The lowest BCUT2D eigenvalue weighted by Crippen LogP contribution is -2.08. The molecule has 0 amide bonds. The van der Waals surface area contributed by atoms with Gasteiger partial charge in [-0.05, 0) is 44.5 Å². The second-order valence-electron chi connectivity index (χ2n) is 9.08. The molecule has 0 spiro atoms. The van der Waals surface area contributed by atoms with Gasteiger partial charge in [-0.2, -0.15) is 25.8 Å². The van der Waals surface area contributed by atoms with Crippen LogP contribution < -0.4 is 4.74 Å². The van der Waals surface area contributed by atoms with Gasteiger partial charge in [0.05, 0.1) is 54.0 Å². The molecule has 0 radical (unpaired) electrons.